The van der Waals surface area contributed by atoms with Crippen molar-refractivity contribution < 1.29 is 8.42 Å². The minimum atomic E-state index is -3.36. The van der Waals surface area contributed by atoms with Crippen LogP contribution in [-0.2, 0) is 15.6 Å². The summed E-state index contributed by atoms with van der Waals surface area (Å²) >= 11 is 5.77. The van der Waals surface area contributed by atoms with Crippen LogP contribution in [0.3, 0.4) is 0 Å². The zero-order chi connectivity index (χ0) is 15.3. The predicted molar refractivity (Wildman–Crippen MR) is 84.3 cm³/mol. The van der Waals surface area contributed by atoms with E-state index in [-0.39, 0.29) is 5.75 Å². The SMILES string of the molecule is N#Cc1ccc(CS(=O)(=O)/C=C/c2ccc(Cl)cc2)cc1. The van der Waals surface area contributed by atoms with Gasteiger partial charge in [-0.05, 0) is 41.5 Å². The second-order valence-corrected chi connectivity index (χ2v) is 6.79. The predicted octanol–water partition coefficient (Wildman–Crippen LogP) is 3.80. The van der Waals surface area contributed by atoms with Gasteiger partial charge in [0.25, 0.3) is 0 Å². The molecule has 2 rings (SSSR count). The lowest BCUT2D eigenvalue weighted by Crippen LogP contribution is -1.99. The molecule has 0 heterocycles. The molecular weight excluding hydrogens is 306 g/mol. The normalized spacial score (nSPS) is 11.4. The molecule has 0 aliphatic rings. The monoisotopic (exact) mass is 317 g/mol. The summed E-state index contributed by atoms with van der Waals surface area (Å²) in [6.07, 6.45) is 1.54. The highest BCUT2D eigenvalue weighted by Crippen LogP contribution is 2.13. The fraction of sp³-hybridized carbons (Fsp3) is 0.0625. The van der Waals surface area contributed by atoms with Crippen LogP contribution < -0.4 is 0 Å². The summed E-state index contributed by atoms with van der Waals surface area (Å²) in [5.74, 6) is -0.0944. The Bertz CT molecular complexity index is 786. The average Bonchev–Trinajstić information content (AvgIpc) is 2.47. The van der Waals surface area contributed by atoms with Crippen molar-refractivity contribution in [1.29, 1.82) is 5.26 Å². The van der Waals surface area contributed by atoms with Gasteiger partial charge in [-0.3, -0.25) is 0 Å². The Morgan fingerprint density at radius 3 is 2.24 bits per heavy atom. The quantitative estimate of drug-likeness (QED) is 0.861. The molecule has 21 heavy (non-hydrogen) atoms. The molecule has 2 aromatic carbocycles. The standard InChI is InChI=1S/C16H12ClNO2S/c17-16-7-5-13(6-8-16)9-10-21(19,20)12-15-3-1-14(11-18)2-4-15/h1-10H,12H2/b10-9+. The van der Waals surface area contributed by atoms with E-state index in [9.17, 15) is 8.42 Å². The van der Waals surface area contributed by atoms with Gasteiger partial charge in [-0.15, -0.1) is 0 Å². The molecule has 5 heteroatoms. The third-order valence-corrected chi connectivity index (χ3v) is 4.33. The number of sulfone groups is 1. The summed E-state index contributed by atoms with van der Waals surface area (Å²) in [6.45, 7) is 0. The van der Waals surface area contributed by atoms with E-state index in [1.54, 1.807) is 48.5 Å². The Hall–Kier alpha value is -2.09. The van der Waals surface area contributed by atoms with Crippen molar-refractivity contribution in [2.24, 2.45) is 0 Å². The lowest BCUT2D eigenvalue weighted by molar-refractivity contribution is 0.604. The largest absolute Gasteiger partial charge is 0.224 e. The van der Waals surface area contributed by atoms with Gasteiger partial charge in [0.15, 0.2) is 9.84 Å². The maximum atomic E-state index is 12.0. The van der Waals surface area contributed by atoms with Gasteiger partial charge in [-0.25, -0.2) is 8.42 Å². The summed E-state index contributed by atoms with van der Waals surface area (Å²) in [7, 11) is -3.36. The molecule has 0 saturated carbocycles. The molecule has 0 bridgehead atoms. The van der Waals surface area contributed by atoms with Crippen LogP contribution in [0.25, 0.3) is 6.08 Å². The molecule has 0 N–H and O–H groups in total. The minimum absolute atomic E-state index is 0.0944. The molecular formula is C16H12ClNO2S. The third kappa shape index (κ3) is 4.75. The molecule has 2 aromatic rings. The first-order chi connectivity index (χ1) is 9.98. The Morgan fingerprint density at radius 1 is 1.05 bits per heavy atom. The number of nitriles is 1. The fourth-order valence-corrected chi connectivity index (χ4v) is 2.96. The lowest BCUT2D eigenvalue weighted by Gasteiger charge is -2.00. The van der Waals surface area contributed by atoms with E-state index in [1.807, 2.05) is 6.07 Å². The maximum Gasteiger partial charge on any atom is 0.175 e. The molecule has 0 radical (unpaired) electrons. The van der Waals surface area contributed by atoms with Crippen LogP contribution in [0.4, 0.5) is 0 Å². The molecule has 0 spiro atoms. The van der Waals surface area contributed by atoms with Gasteiger partial charge >= 0.3 is 0 Å². The Morgan fingerprint density at radius 2 is 1.67 bits per heavy atom. The summed E-state index contributed by atoms with van der Waals surface area (Å²) in [5, 5.41) is 10.5. The lowest BCUT2D eigenvalue weighted by atomic mass is 10.2. The number of hydrogen-bond acceptors (Lipinski definition) is 3. The highest BCUT2D eigenvalue weighted by Gasteiger charge is 2.07. The molecule has 0 fully saturated rings. The average molecular weight is 318 g/mol. The highest BCUT2D eigenvalue weighted by molar-refractivity contribution is 7.93. The van der Waals surface area contributed by atoms with Crippen molar-refractivity contribution in [2.75, 3.05) is 0 Å². The Labute approximate surface area is 129 Å². The Kier molecular flexibility index (Phi) is 4.79. The van der Waals surface area contributed by atoms with Gasteiger partial charge in [-0.1, -0.05) is 35.9 Å². The second kappa shape index (κ2) is 6.57. The van der Waals surface area contributed by atoms with Crippen LogP contribution >= 0.6 is 11.6 Å². The zero-order valence-electron chi connectivity index (χ0n) is 11.0. The zero-order valence-corrected chi connectivity index (χ0v) is 12.6. The minimum Gasteiger partial charge on any atom is -0.224 e. The van der Waals surface area contributed by atoms with Gasteiger partial charge in [0.05, 0.1) is 17.4 Å². The van der Waals surface area contributed by atoms with E-state index in [4.69, 9.17) is 16.9 Å². The number of nitrogens with zero attached hydrogens (tertiary/aromatic N) is 1. The third-order valence-electron chi connectivity index (χ3n) is 2.79. The topological polar surface area (TPSA) is 57.9 Å². The van der Waals surface area contributed by atoms with E-state index in [1.165, 1.54) is 11.5 Å². The summed E-state index contributed by atoms with van der Waals surface area (Å²) < 4.78 is 24.0. The van der Waals surface area contributed by atoms with Crippen LogP contribution in [0.5, 0.6) is 0 Å². The second-order valence-electron chi connectivity index (χ2n) is 4.47. The number of halogens is 1. The van der Waals surface area contributed by atoms with E-state index >= 15 is 0 Å². The maximum absolute atomic E-state index is 12.0. The molecule has 0 atom stereocenters. The molecule has 0 aliphatic carbocycles. The van der Waals surface area contributed by atoms with Crippen LogP contribution in [-0.4, -0.2) is 8.42 Å². The number of hydrogen-bond donors (Lipinski definition) is 0. The number of benzene rings is 2. The van der Waals surface area contributed by atoms with E-state index in [0.717, 1.165) is 5.56 Å². The van der Waals surface area contributed by atoms with Crippen molar-refractivity contribution in [1.82, 2.24) is 0 Å². The molecule has 3 nitrogen and oxygen atoms in total. The van der Waals surface area contributed by atoms with E-state index in [0.29, 0.717) is 16.1 Å². The van der Waals surface area contributed by atoms with Crippen molar-refractivity contribution in [3.8, 4) is 6.07 Å². The summed E-state index contributed by atoms with van der Waals surface area (Å²) in [4.78, 5) is 0. The molecule has 0 aliphatic heterocycles. The van der Waals surface area contributed by atoms with Crippen LogP contribution in [0.1, 0.15) is 16.7 Å². The van der Waals surface area contributed by atoms with Gasteiger partial charge in [0.2, 0.25) is 0 Å². The van der Waals surface area contributed by atoms with E-state index in [2.05, 4.69) is 0 Å². The first kappa shape index (κ1) is 15.3. The molecule has 0 amide bonds. The van der Waals surface area contributed by atoms with Crippen LogP contribution in [0.2, 0.25) is 5.02 Å². The van der Waals surface area contributed by atoms with Crippen molar-refractivity contribution in [3.63, 3.8) is 0 Å². The van der Waals surface area contributed by atoms with Crippen molar-refractivity contribution in [3.05, 3.63) is 75.7 Å². The van der Waals surface area contributed by atoms with Gasteiger partial charge in [0, 0.05) is 10.4 Å². The summed E-state index contributed by atoms with van der Waals surface area (Å²) in [5.41, 5.74) is 1.92. The number of rotatable bonds is 4. The highest BCUT2D eigenvalue weighted by atomic mass is 35.5. The molecule has 0 unspecified atom stereocenters. The smallest absolute Gasteiger partial charge is 0.175 e. The van der Waals surface area contributed by atoms with Gasteiger partial charge in [0.1, 0.15) is 0 Å². The van der Waals surface area contributed by atoms with Crippen LogP contribution in [0, 0.1) is 11.3 Å². The first-order valence-corrected chi connectivity index (χ1v) is 8.23. The molecule has 0 aromatic heterocycles. The molecule has 106 valence electrons. The Balaban J connectivity index is 2.11. The molecule has 0 saturated heterocycles. The van der Waals surface area contributed by atoms with Crippen molar-refractivity contribution in [2.45, 2.75) is 5.75 Å². The van der Waals surface area contributed by atoms with Crippen molar-refractivity contribution >= 4 is 27.5 Å². The van der Waals surface area contributed by atoms with E-state index < -0.39 is 9.84 Å². The first-order valence-electron chi connectivity index (χ1n) is 6.14. The van der Waals surface area contributed by atoms with Gasteiger partial charge < -0.3 is 0 Å². The summed E-state index contributed by atoms with van der Waals surface area (Å²) in [6, 6.07) is 15.4. The van der Waals surface area contributed by atoms with Crippen LogP contribution in [0.15, 0.2) is 53.9 Å². The van der Waals surface area contributed by atoms with Gasteiger partial charge in [-0.2, -0.15) is 5.26 Å². The fourth-order valence-electron chi connectivity index (χ4n) is 1.71.